The van der Waals surface area contributed by atoms with Gasteiger partial charge in [-0.05, 0) is 0 Å². The monoisotopic (exact) mass is 392 g/mol. The molecule has 2 aliphatic rings. The molecule has 0 aliphatic heterocycles. The summed E-state index contributed by atoms with van der Waals surface area (Å²) >= 11 is -4.64. The summed E-state index contributed by atoms with van der Waals surface area (Å²) in [4.78, 5) is 27.2. The molecule has 2 atom stereocenters. The number of hydrogen-bond donors (Lipinski definition) is 0. The van der Waals surface area contributed by atoms with Gasteiger partial charge in [-0.3, -0.25) is 0 Å². The third-order valence-electron chi connectivity index (χ3n) is 7.13. The van der Waals surface area contributed by atoms with E-state index in [2.05, 4.69) is 52.9 Å². The van der Waals surface area contributed by atoms with Gasteiger partial charge < -0.3 is 0 Å². The molecule has 0 N–H and O–H groups in total. The number of carbonyl (C=O) groups excluding carboxylic acids is 2. The molecule has 0 radical (unpaired) electrons. The maximum atomic E-state index is 13.6. The number of hydrogen-bond acceptors (Lipinski definition) is 2. The number of fused-ring (bicyclic) bond motifs is 2. The molecule has 2 nitrogen and oxygen atoms in total. The molecule has 0 saturated heterocycles. The van der Waals surface area contributed by atoms with Crippen molar-refractivity contribution in [1.82, 2.24) is 0 Å². The zero-order valence-corrected chi connectivity index (χ0v) is 17.5. The fourth-order valence-electron chi connectivity index (χ4n) is 5.67. The molecule has 0 saturated carbocycles. The number of carbonyl (C=O) groups is 2. The topological polar surface area (TPSA) is 34.1 Å². The van der Waals surface area contributed by atoms with Gasteiger partial charge in [-0.15, -0.1) is 0 Å². The Labute approximate surface area is 161 Å². The van der Waals surface area contributed by atoms with E-state index < -0.39 is 14.8 Å². The summed E-state index contributed by atoms with van der Waals surface area (Å²) in [5, 5.41) is 0. The Hall–Kier alpha value is -2.16. The molecule has 0 amide bonds. The predicted molar refractivity (Wildman–Crippen MR) is 110 cm³/mol. The van der Waals surface area contributed by atoms with Gasteiger partial charge >= 0.3 is 161 Å². The van der Waals surface area contributed by atoms with Gasteiger partial charge in [-0.2, -0.15) is 0 Å². The minimum atomic E-state index is -4.64. The van der Waals surface area contributed by atoms with E-state index in [9.17, 15) is 9.59 Å². The summed E-state index contributed by atoms with van der Waals surface area (Å²) in [6, 6.07) is 16.3. The van der Waals surface area contributed by atoms with Crippen LogP contribution in [-0.4, -0.2) is 12.5 Å². The van der Waals surface area contributed by atoms with Crippen molar-refractivity contribution in [3.05, 3.63) is 82.9 Å². The molecule has 4 rings (SSSR count). The number of allylic oxidation sites excluding steroid dienone is 2. The molecular formula is C24H24O2Ti. The van der Waals surface area contributed by atoms with E-state index in [0.29, 0.717) is 0 Å². The summed E-state index contributed by atoms with van der Waals surface area (Å²) in [7, 11) is 0. The van der Waals surface area contributed by atoms with Crippen molar-refractivity contribution in [2.75, 3.05) is 0 Å². The van der Waals surface area contributed by atoms with Crippen molar-refractivity contribution in [3.8, 4) is 0 Å². The van der Waals surface area contributed by atoms with Crippen LogP contribution in [0.3, 0.4) is 0 Å². The molecule has 0 aromatic heterocycles. The number of rotatable bonds is 4. The average molecular weight is 392 g/mol. The standard InChI is InChI=1S/2C9H7.2C2H3O.C2H4.Ti/c2*1-2-5-9-7-3-6-8(9)4-1;2*1-2-3;1-2;/h2*1-7H;2*1H3;1H,2H3;. The molecule has 0 fully saturated rings. The van der Waals surface area contributed by atoms with Gasteiger partial charge in [0.25, 0.3) is 0 Å². The third kappa shape index (κ3) is 2.09. The first-order valence-corrected chi connectivity index (χ1v) is 13.8. The molecule has 2 aromatic carbocycles. The first-order valence-electron chi connectivity index (χ1n) is 9.49. The van der Waals surface area contributed by atoms with Gasteiger partial charge in [0, 0.05) is 0 Å². The Bertz CT molecular complexity index is 1020. The second kappa shape index (κ2) is 6.19. The van der Waals surface area contributed by atoms with E-state index in [1.165, 1.54) is 0 Å². The van der Waals surface area contributed by atoms with Gasteiger partial charge in [-0.25, -0.2) is 0 Å². The van der Waals surface area contributed by atoms with Crippen molar-refractivity contribution >= 4 is 24.6 Å². The second-order valence-corrected chi connectivity index (χ2v) is 17.5. The molecule has 0 heterocycles. The van der Waals surface area contributed by atoms with Crippen molar-refractivity contribution < 1.29 is 24.4 Å². The minimum absolute atomic E-state index is 0.0831. The fraction of sp³-hybridized carbons (Fsp3) is 0.208. The first kappa shape index (κ1) is 18.2. The third-order valence-corrected chi connectivity index (χ3v) is 19.7. The zero-order valence-electron chi connectivity index (χ0n) is 16.0. The van der Waals surface area contributed by atoms with E-state index in [1.54, 1.807) is 13.8 Å². The maximum absolute atomic E-state index is 13.6. The molecule has 0 bridgehead atoms. The Balaban J connectivity index is 2.12. The number of benzene rings is 2. The van der Waals surface area contributed by atoms with Crippen LogP contribution >= 0.6 is 0 Å². The van der Waals surface area contributed by atoms with Gasteiger partial charge in [0.1, 0.15) is 0 Å². The normalized spacial score (nSPS) is 20.3. The van der Waals surface area contributed by atoms with E-state index >= 15 is 0 Å². The Kier molecular flexibility index (Phi) is 4.18. The van der Waals surface area contributed by atoms with E-state index in [4.69, 9.17) is 0 Å². The quantitative estimate of drug-likeness (QED) is 0.677. The van der Waals surface area contributed by atoms with Gasteiger partial charge in [0.15, 0.2) is 0 Å². The Morgan fingerprint density at radius 1 is 0.778 bits per heavy atom. The van der Waals surface area contributed by atoms with Crippen LogP contribution in [0.4, 0.5) is 0 Å². The average Bonchev–Trinajstić information content (AvgIpc) is 3.29. The molecule has 136 valence electrons. The molecular weight excluding hydrogens is 368 g/mol. The molecule has 27 heavy (non-hydrogen) atoms. The van der Waals surface area contributed by atoms with Crippen LogP contribution in [0.5, 0.6) is 0 Å². The van der Waals surface area contributed by atoms with E-state index in [-0.39, 0.29) is 16.6 Å². The summed E-state index contributed by atoms with van der Waals surface area (Å²) in [5.41, 5.74) is 4.49. The van der Waals surface area contributed by atoms with Crippen LogP contribution in [0.15, 0.2) is 60.7 Å². The van der Waals surface area contributed by atoms with Crippen LogP contribution in [-0.2, 0) is 24.4 Å². The zero-order chi connectivity index (χ0) is 19.3. The van der Waals surface area contributed by atoms with E-state index in [1.807, 2.05) is 31.2 Å². The first-order chi connectivity index (χ1) is 13.0. The van der Waals surface area contributed by atoms with Gasteiger partial charge in [-0.1, -0.05) is 0 Å². The Morgan fingerprint density at radius 3 is 1.56 bits per heavy atom. The van der Waals surface area contributed by atoms with Crippen molar-refractivity contribution in [3.63, 3.8) is 0 Å². The van der Waals surface area contributed by atoms with E-state index in [0.717, 1.165) is 22.3 Å². The fourth-order valence-corrected chi connectivity index (χ4v) is 16.7. The molecule has 2 unspecified atom stereocenters. The molecule has 2 aliphatic carbocycles. The molecule has 2 aromatic rings. The molecule has 3 heteroatoms. The van der Waals surface area contributed by atoms with Gasteiger partial charge in [0.2, 0.25) is 0 Å². The van der Waals surface area contributed by atoms with Crippen LogP contribution in [0.1, 0.15) is 51.5 Å². The van der Waals surface area contributed by atoms with Crippen molar-refractivity contribution in [2.24, 2.45) is 0 Å². The Morgan fingerprint density at radius 2 is 1.19 bits per heavy atom. The summed E-state index contributed by atoms with van der Waals surface area (Å²) in [5.74, 6) is 0. The van der Waals surface area contributed by atoms with Crippen LogP contribution < -0.4 is 0 Å². The summed E-state index contributed by atoms with van der Waals surface area (Å²) < 4.78 is 1.95. The van der Waals surface area contributed by atoms with Crippen molar-refractivity contribution in [1.29, 1.82) is 0 Å². The van der Waals surface area contributed by atoms with Gasteiger partial charge in [0.05, 0.1) is 0 Å². The van der Waals surface area contributed by atoms with Crippen LogP contribution in [0.25, 0.3) is 12.2 Å². The van der Waals surface area contributed by atoms with Crippen LogP contribution in [0.2, 0.25) is 0 Å². The van der Waals surface area contributed by atoms with Crippen LogP contribution in [0, 0.1) is 0 Å². The van der Waals surface area contributed by atoms with Crippen molar-refractivity contribution in [2.45, 2.75) is 29.2 Å². The summed E-state index contributed by atoms with van der Waals surface area (Å²) in [6.07, 6.45) is 8.42. The SMILES string of the molecule is C[CH]=[Ti]([C](C)=O)([C](C)=O)([CH]1C=Cc2ccccc21)[CH]1C=Cc2ccccc21. The predicted octanol–water partition coefficient (Wildman–Crippen LogP) is 5.13. The second-order valence-electron chi connectivity index (χ2n) is 7.82. The summed E-state index contributed by atoms with van der Waals surface area (Å²) in [6.45, 7) is 5.26. The molecule has 0 spiro atoms.